The number of halogens is 2. The standard InChI is InChI=1S/C15H21BrN2O.ClH/c1-11(13-3-5-14(16)6-4-13)9-15(19)18-8-7-17-12(2)10-18;/h3-6,11-12,17H,7-10H2,1-2H3;1H/t11?,12-;/m1./s1. The zero-order valence-corrected chi connectivity index (χ0v) is 14.3. The molecular formula is C15H22BrClN2O. The summed E-state index contributed by atoms with van der Waals surface area (Å²) in [5.41, 5.74) is 1.22. The second kappa shape index (κ2) is 8.01. The number of benzene rings is 1. The molecule has 1 unspecified atom stereocenters. The van der Waals surface area contributed by atoms with E-state index in [4.69, 9.17) is 0 Å². The molecule has 1 aliphatic heterocycles. The lowest BCUT2D eigenvalue weighted by Gasteiger charge is -2.32. The topological polar surface area (TPSA) is 32.3 Å². The molecule has 1 saturated heterocycles. The van der Waals surface area contributed by atoms with Crippen molar-refractivity contribution in [3.63, 3.8) is 0 Å². The first-order valence-corrected chi connectivity index (χ1v) is 7.62. The van der Waals surface area contributed by atoms with Crippen LogP contribution in [-0.2, 0) is 4.79 Å². The third kappa shape index (κ3) is 4.76. The maximum Gasteiger partial charge on any atom is 0.223 e. The Bertz CT molecular complexity index is 438. The van der Waals surface area contributed by atoms with Gasteiger partial charge in [-0.3, -0.25) is 4.79 Å². The second-order valence-corrected chi connectivity index (χ2v) is 6.27. The Labute approximate surface area is 135 Å². The highest BCUT2D eigenvalue weighted by atomic mass is 79.9. The quantitative estimate of drug-likeness (QED) is 0.897. The van der Waals surface area contributed by atoms with Crippen LogP contribution >= 0.6 is 28.3 Å². The monoisotopic (exact) mass is 360 g/mol. The van der Waals surface area contributed by atoms with Crippen molar-refractivity contribution >= 4 is 34.2 Å². The van der Waals surface area contributed by atoms with Gasteiger partial charge in [0.15, 0.2) is 0 Å². The van der Waals surface area contributed by atoms with Gasteiger partial charge in [-0.05, 0) is 30.5 Å². The van der Waals surface area contributed by atoms with E-state index in [2.05, 4.69) is 47.2 Å². The molecule has 0 bridgehead atoms. The Hall–Kier alpha value is -0.580. The number of hydrogen-bond donors (Lipinski definition) is 1. The summed E-state index contributed by atoms with van der Waals surface area (Å²) in [7, 11) is 0. The van der Waals surface area contributed by atoms with Crippen LogP contribution < -0.4 is 5.32 Å². The van der Waals surface area contributed by atoms with E-state index in [-0.39, 0.29) is 24.2 Å². The number of nitrogens with one attached hydrogen (secondary N) is 1. The SMILES string of the molecule is CC(CC(=O)N1CCN[C@H](C)C1)c1ccc(Br)cc1.Cl. The van der Waals surface area contributed by atoms with Gasteiger partial charge in [-0.25, -0.2) is 0 Å². The van der Waals surface area contributed by atoms with E-state index < -0.39 is 0 Å². The molecule has 0 aromatic heterocycles. The molecule has 0 spiro atoms. The maximum atomic E-state index is 12.3. The molecule has 1 aliphatic rings. The van der Waals surface area contributed by atoms with Crippen molar-refractivity contribution in [3.8, 4) is 0 Å². The van der Waals surface area contributed by atoms with Crippen molar-refractivity contribution in [2.45, 2.75) is 32.2 Å². The van der Waals surface area contributed by atoms with Gasteiger partial charge in [0.2, 0.25) is 5.91 Å². The molecule has 3 nitrogen and oxygen atoms in total. The minimum Gasteiger partial charge on any atom is -0.340 e. The van der Waals surface area contributed by atoms with E-state index in [1.165, 1.54) is 5.56 Å². The van der Waals surface area contributed by atoms with Gasteiger partial charge >= 0.3 is 0 Å². The Morgan fingerprint density at radius 2 is 2.10 bits per heavy atom. The summed E-state index contributed by atoms with van der Waals surface area (Å²) in [6, 6.07) is 8.64. The Balaban J connectivity index is 0.00000200. The van der Waals surface area contributed by atoms with E-state index in [0.717, 1.165) is 24.1 Å². The van der Waals surface area contributed by atoms with Crippen molar-refractivity contribution < 1.29 is 4.79 Å². The predicted octanol–water partition coefficient (Wildman–Crippen LogP) is 3.18. The van der Waals surface area contributed by atoms with E-state index in [9.17, 15) is 4.79 Å². The summed E-state index contributed by atoms with van der Waals surface area (Å²) in [4.78, 5) is 14.3. The summed E-state index contributed by atoms with van der Waals surface area (Å²) in [6.45, 7) is 6.80. The summed E-state index contributed by atoms with van der Waals surface area (Å²) in [5.74, 6) is 0.537. The number of carbonyl (C=O) groups is 1. The average Bonchev–Trinajstić information content (AvgIpc) is 2.39. The van der Waals surface area contributed by atoms with Crippen LogP contribution in [0.25, 0.3) is 0 Å². The smallest absolute Gasteiger partial charge is 0.223 e. The largest absolute Gasteiger partial charge is 0.340 e. The van der Waals surface area contributed by atoms with Crippen LogP contribution in [0.2, 0.25) is 0 Å². The lowest BCUT2D eigenvalue weighted by atomic mass is 9.97. The molecule has 1 amide bonds. The molecule has 1 aromatic carbocycles. The molecule has 2 atom stereocenters. The normalized spacial score (nSPS) is 20.1. The fraction of sp³-hybridized carbons (Fsp3) is 0.533. The van der Waals surface area contributed by atoms with Crippen molar-refractivity contribution in [1.82, 2.24) is 10.2 Å². The van der Waals surface area contributed by atoms with Crippen LogP contribution in [0, 0.1) is 0 Å². The van der Waals surface area contributed by atoms with Gasteiger partial charge < -0.3 is 10.2 Å². The minimum absolute atomic E-state index is 0. The lowest BCUT2D eigenvalue weighted by Crippen LogP contribution is -2.51. The molecule has 1 aromatic rings. The van der Waals surface area contributed by atoms with Gasteiger partial charge in [0.1, 0.15) is 0 Å². The lowest BCUT2D eigenvalue weighted by molar-refractivity contribution is -0.132. The maximum absolute atomic E-state index is 12.3. The molecule has 20 heavy (non-hydrogen) atoms. The van der Waals surface area contributed by atoms with Crippen molar-refractivity contribution in [2.24, 2.45) is 0 Å². The summed E-state index contributed by atoms with van der Waals surface area (Å²) in [6.07, 6.45) is 0.592. The highest BCUT2D eigenvalue weighted by Crippen LogP contribution is 2.22. The number of nitrogens with zero attached hydrogens (tertiary/aromatic N) is 1. The van der Waals surface area contributed by atoms with Crippen LogP contribution in [0.15, 0.2) is 28.7 Å². The van der Waals surface area contributed by atoms with E-state index >= 15 is 0 Å². The molecule has 1 heterocycles. The van der Waals surface area contributed by atoms with E-state index in [0.29, 0.717) is 12.5 Å². The van der Waals surface area contributed by atoms with Crippen LogP contribution in [0.1, 0.15) is 31.7 Å². The van der Waals surface area contributed by atoms with Crippen molar-refractivity contribution in [2.75, 3.05) is 19.6 Å². The molecule has 5 heteroatoms. The van der Waals surface area contributed by atoms with Gasteiger partial charge in [0.25, 0.3) is 0 Å². The molecule has 0 aliphatic carbocycles. The molecule has 0 saturated carbocycles. The van der Waals surface area contributed by atoms with Gasteiger partial charge in [-0.15, -0.1) is 12.4 Å². The Morgan fingerprint density at radius 1 is 1.45 bits per heavy atom. The first-order valence-electron chi connectivity index (χ1n) is 6.83. The van der Waals surface area contributed by atoms with Crippen LogP contribution in [0.3, 0.4) is 0 Å². The van der Waals surface area contributed by atoms with Crippen molar-refractivity contribution in [3.05, 3.63) is 34.3 Å². The zero-order chi connectivity index (χ0) is 13.8. The zero-order valence-electron chi connectivity index (χ0n) is 11.9. The highest BCUT2D eigenvalue weighted by Gasteiger charge is 2.22. The number of rotatable bonds is 3. The van der Waals surface area contributed by atoms with Crippen LogP contribution in [0.5, 0.6) is 0 Å². The second-order valence-electron chi connectivity index (χ2n) is 5.35. The number of piperazine rings is 1. The highest BCUT2D eigenvalue weighted by molar-refractivity contribution is 9.10. The molecule has 2 rings (SSSR count). The molecular weight excluding hydrogens is 340 g/mol. The Morgan fingerprint density at radius 3 is 2.70 bits per heavy atom. The van der Waals surface area contributed by atoms with E-state index in [1.807, 2.05) is 17.0 Å². The molecule has 112 valence electrons. The fourth-order valence-electron chi connectivity index (χ4n) is 2.46. The summed E-state index contributed by atoms with van der Waals surface area (Å²) >= 11 is 3.43. The predicted molar refractivity (Wildman–Crippen MR) is 88.5 cm³/mol. The fourth-order valence-corrected chi connectivity index (χ4v) is 2.72. The molecule has 0 radical (unpaired) electrons. The van der Waals surface area contributed by atoms with Crippen LogP contribution in [0.4, 0.5) is 0 Å². The minimum atomic E-state index is 0. The van der Waals surface area contributed by atoms with Crippen molar-refractivity contribution in [1.29, 1.82) is 0 Å². The molecule has 1 N–H and O–H groups in total. The van der Waals surface area contributed by atoms with Gasteiger partial charge in [0, 0.05) is 36.6 Å². The summed E-state index contributed by atoms with van der Waals surface area (Å²) in [5, 5.41) is 3.36. The number of hydrogen-bond acceptors (Lipinski definition) is 2. The number of amides is 1. The van der Waals surface area contributed by atoms with Gasteiger partial charge in [-0.2, -0.15) is 0 Å². The molecule has 1 fully saturated rings. The first kappa shape index (κ1) is 17.5. The number of carbonyl (C=O) groups excluding carboxylic acids is 1. The average molecular weight is 362 g/mol. The van der Waals surface area contributed by atoms with E-state index in [1.54, 1.807) is 0 Å². The summed E-state index contributed by atoms with van der Waals surface area (Å²) < 4.78 is 1.07. The van der Waals surface area contributed by atoms with Crippen LogP contribution in [-0.4, -0.2) is 36.5 Å². The van der Waals surface area contributed by atoms with Gasteiger partial charge in [0.05, 0.1) is 0 Å². The Kier molecular flexibility index (Phi) is 7.00. The first-order chi connectivity index (χ1) is 9.06. The third-order valence-electron chi connectivity index (χ3n) is 3.64. The third-order valence-corrected chi connectivity index (χ3v) is 4.17. The van der Waals surface area contributed by atoms with Gasteiger partial charge in [-0.1, -0.05) is 35.0 Å².